The van der Waals surface area contributed by atoms with E-state index >= 15 is 0 Å². The van der Waals surface area contributed by atoms with Gasteiger partial charge < -0.3 is 24.6 Å². The van der Waals surface area contributed by atoms with Crippen LogP contribution >= 0.6 is 11.3 Å². The quantitative estimate of drug-likeness (QED) is 0.187. The summed E-state index contributed by atoms with van der Waals surface area (Å²) < 4.78 is 71.4. The number of carbonyl (C=O) groups is 2. The molecule has 1 aliphatic rings. The van der Waals surface area contributed by atoms with E-state index in [0.717, 1.165) is 6.21 Å². The smallest absolute Gasteiger partial charge is 0.347 e. The van der Waals surface area contributed by atoms with E-state index in [1.54, 1.807) is 0 Å². The first-order valence-corrected chi connectivity index (χ1v) is 15.2. The topological polar surface area (TPSA) is 178 Å². The molecule has 2 rings (SSSR count). The van der Waals surface area contributed by atoms with Crippen molar-refractivity contribution >= 4 is 49.5 Å². The van der Waals surface area contributed by atoms with E-state index in [9.17, 15) is 26.4 Å². The Morgan fingerprint density at radius 2 is 1.97 bits per heavy atom. The van der Waals surface area contributed by atoms with E-state index in [1.807, 2.05) is 6.92 Å². The van der Waals surface area contributed by atoms with Crippen LogP contribution in [0.1, 0.15) is 45.7 Å². The van der Waals surface area contributed by atoms with E-state index in [2.05, 4.69) is 9.71 Å². The molecule has 0 spiro atoms. The van der Waals surface area contributed by atoms with Crippen molar-refractivity contribution in [1.82, 2.24) is 9.62 Å². The molecule has 0 fully saturated rings. The van der Waals surface area contributed by atoms with Gasteiger partial charge in [-0.15, -0.1) is 11.3 Å². The number of ether oxygens (including phenoxy) is 3. The number of sulfonamides is 2. The molecule has 0 amide bonds. The minimum atomic E-state index is -4.32. The first kappa shape index (κ1) is 31.3. The Morgan fingerprint density at radius 1 is 1.30 bits per heavy atom. The Labute approximate surface area is 220 Å². The summed E-state index contributed by atoms with van der Waals surface area (Å²) in [5, 5.41) is 12.3. The van der Waals surface area contributed by atoms with Crippen LogP contribution in [0.15, 0.2) is 18.9 Å². The number of hydrogen-bond acceptors (Lipinski definition) is 12. The maximum atomic E-state index is 13.2. The Morgan fingerprint density at radius 3 is 2.57 bits per heavy atom. The molecule has 4 atom stereocenters. The van der Waals surface area contributed by atoms with Crippen molar-refractivity contribution in [1.29, 1.82) is 0 Å². The third-order valence-electron chi connectivity index (χ3n) is 5.18. The molecule has 1 aromatic heterocycles. The van der Waals surface area contributed by atoms with Gasteiger partial charge in [-0.1, -0.05) is 6.92 Å². The van der Waals surface area contributed by atoms with Crippen LogP contribution in [-0.2, 0) is 43.8 Å². The highest BCUT2D eigenvalue weighted by Crippen LogP contribution is 2.40. The Hall–Kier alpha value is -1.95. The summed E-state index contributed by atoms with van der Waals surface area (Å²) >= 11 is 0.610. The van der Waals surface area contributed by atoms with Crippen LogP contribution < -0.4 is 5.32 Å². The van der Waals surface area contributed by atoms with Crippen molar-refractivity contribution in [2.45, 2.75) is 66.9 Å². The van der Waals surface area contributed by atoms with Gasteiger partial charge in [0.2, 0.25) is 0 Å². The first-order valence-electron chi connectivity index (χ1n) is 11.5. The molecule has 37 heavy (non-hydrogen) atoms. The summed E-state index contributed by atoms with van der Waals surface area (Å²) in [6, 6.07) is 0.902. The monoisotopic (exact) mass is 583 g/mol. The van der Waals surface area contributed by atoms with Gasteiger partial charge in [-0.25, -0.2) is 18.0 Å². The fourth-order valence-electron chi connectivity index (χ4n) is 3.32. The minimum Gasteiger partial charge on any atom is -0.454 e. The lowest BCUT2D eigenvalue weighted by Gasteiger charge is -2.32. The number of likely N-dealkylation sites (N-methyl/N-ethyl adjacent to an activating group) is 1. The number of hydrogen-bond donors (Lipinski definition) is 2. The highest BCUT2D eigenvalue weighted by atomic mass is 32.3. The van der Waals surface area contributed by atoms with Crippen molar-refractivity contribution in [3.05, 3.63) is 11.6 Å². The molecular formula is C21H33N3O10S3. The normalized spacial score (nSPS) is 20.2. The number of esters is 2. The summed E-state index contributed by atoms with van der Waals surface area (Å²) in [4.78, 5) is 23.5. The number of aliphatic hydroxyl groups excluding tert-OH is 1. The van der Waals surface area contributed by atoms with E-state index in [4.69, 9.17) is 19.3 Å². The van der Waals surface area contributed by atoms with E-state index in [1.165, 1.54) is 38.3 Å². The molecule has 0 aromatic carbocycles. The molecule has 16 heteroatoms. The van der Waals surface area contributed by atoms with Crippen molar-refractivity contribution < 1.29 is 45.7 Å². The van der Waals surface area contributed by atoms with Gasteiger partial charge in [0, 0.05) is 38.4 Å². The molecular weight excluding hydrogens is 550 g/mol. The van der Waals surface area contributed by atoms with Crippen LogP contribution in [0.4, 0.5) is 0 Å². The lowest BCUT2D eigenvalue weighted by atomic mass is 10.1. The predicted octanol–water partition coefficient (Wildman–Crippen LogP) is 0.443. The summed E-state index contributed by atoms with van der Waals surface area (Å²) in [5.74, 6) is -1.98. The van der Waals surface area contributed by atoms with E-state index < -0.39 is 56.3 Å². The molecule has 1 aliphatic heterocycles. The average Bonchev–Trinajstić information content (AvgIpc) is 3.29. The fourth-order valence-corrected chi connectivity index (χ4v) is 8.13. The van der Waals surface area contributed by atoms with Crippen molar-refractivity contribution in [2.24, 2.45) is 4.40 Å². The van der Waals surface area contributed by atoms with Gasteiger partial charge in [0.25, 0.3) is 20.0 Å². The molecule has 0 aliphatic carbocycles. The second-order valence-corrected chi connectivity index (χ2v) is 13.3. The number of thiophene rings is 1. The van der Waals surface area contributed by atoms with Crippen LogP contribution in [0.3, 0.4) is 0 Å². The van der Waals surface area contributed by atoms with Crippen LogP contribution in [0.2, 0.25) is 0 Å². The maximum Gasteiger partial charge on any atom is 0.347 e. The average molecular weight is 584 g/mol. The van der Waals surface area contributed by atoms with Gasteiger partial charge in [0.05, 0.1) is 6.21 Å². The lowest BCUT2D eigenvalue weighted by Crippen LogP contribution is -2.43. The molecule has 1 aromatic rings. The Balaban J connectivity index is 2.22. The summed E-state index contributed by atoms with van der Waals surface area (Å²) in [7, 11) is -6.71. The number of nitrogens with zero attached hydrogens (tertiary/aromatic N) is 2. The highest BCUT2D eigenvalue weighted by molar-refractivity contribution is 7.94. The molecule has 3 unspecified atom stereocenters. The van der Waals surface area contributed by atoms with Gasteiger partial charge in [-0.05, 0) is 39.8 Å². The van der Waals surface area contributed by atoms with Gasteiger partial charge in [0.15, 0.2) is 6.10 Å². The zero-order valence-electron chi connectivity index (χ0n) is 21.2. The predicted molar refractivity (Wildman–Crippen MR) is 134 cm³/mol. The number of rotatable bonds is 13. The number of aliphatic hydroxyl groups is 1. The second kappa shape index (κ2) is 13.2. The standard InChI is InChI=1S/C21H33N3O10S3/c1-6-22-17-12-24(8-7-9-32-5)37(30,31)21-16(17)10-18(35-21)36(28,29)23-11-13(2)33-20(27)15(4)34-19(26)14(3)25/h10-11,13-15,17,22,25H,6-9,12H2,1-5H3/b23-11+/t13?,14?,15?,17-/m0/s1. The third-order valence-corrected chi connectivity index (χ3v) is 10.4. The Bertz CT molecular complexity index is 1190. The lowest BCUT2D eigenvalue weighted by molar-refractivity contribution is -0.172. The summed E-state index contributed by atoms with van der Waals surface area (Å²) in [6.45, 7) is 6.92. The first-order chi connectivity index (χ1) is 17.2. The zero-order valence-corrected chi connectivity index (χ0v) is 23.7. The van der Waals surface area contributed by atoms with Crippen LogP contribution in [-0.4, -0.2) is 96.1 Å². The van der Waals surface area contributed by atoms with Gasteiger partial charge in [-0.2, -0.15) is 17.1 Å². The maximum absolute atomic E-state index is 13.2. The molecule has 2 N–H and O–H groups in total. The van der Waals surface area contributed by atoms with Crippen molar-refractivity contribution in [3.63, 3.8) is 0 Å². The highest BCUT2D eigenvalue weighted by Gasteiger charge is 2.40. The molecule has 0 radical (unpaired) electrons. The molecule has 0 bridgehead atoms. The van der Waals surface area contributed by atoms with E-state index in [-0.39, 0.29) is 21.5 Å². The van der Waals surface area contributed by atoms with Crippen molar-refractivity contribution in [2.75, 3.05) is 33.4 Å². The van der Waals surface area contributed by atoms with Crippen LogP contribution in [0.5, 0.6) is 0 Å². The zero-order chi connectivity index (χ0) is 28.0. The summed E-state index contributed by atoms with van der Waals surface area (Å²) in [5.41, 5.74) is 0.358. The third kappa shape index (κ3) is 8.02. The Kier molecular flexibility index (Phi) is 11.2. The van der Waals surface area contributed by atoms with Crippen LogP contribution in [0.25, 0.3) is 0 Å². The van der Waals surface area contributed by atoms with Gasteiger partial charge in [0.1, 0.15) is 20.6 Å². The van der Waals surface area contributed by atoms with Gasteiger partial charge in [-0.3, -0.25) is 0 Å². The molecule has 13 nitrogen and oxygen atoms in total. The number of nitrogens with one attached hydrogen (secondary N) is 1. The van der Waals surface area contributed by atoms with Crippen LogP contribution in [0, 0.1) is 0 Å². The largest absolute Gasteiger partial charge is 0.454 e. The number of fused-ring (bicyclic) bond motifs is 1. The number of methoxy groups -OCH3 is 1. The second-order valence-electron chi connectivity index (χ2n) is 8.25. The fraction of sp³-hybridized carbons (Fsp3) is 0.667. The number of carbonyl (C=O) groups excluding carboxylic acids is 2. The minimum absolute atomic E-state index is 0.0656. The summed E-state index contributed by atoms with van der Waals surface area (Å²) in [6.07, 6.45) is -2.51. The van der Waals surface area contributed by atoms with Crippen molar-refractivity contribution in [3.8, 4) is 0 Å². The molecule has 0 saturated carbocycles. The van der Waals surface area contributed by atoms with E-state index in [0.29, 0.717) is 36.5 Å². The SMILES string of the molecule is CCN[C@H]1CN(CCCOC)S(=O)(=O)c2sc(S(=O)(=O)/N=C/C(C)OC(=O)C(C)OC(=O)C(C)O)cc21. The molecule has 2 heterocycles. The molecule has 0 saturated heterocycles. The van der Waals surface area contributed by atoms with Gasteiger partial charge >= 0.3 is 11.9 Å². The molecule has 210 valence electrons.